The van der Waals surface area contributed by atoms with Crippen molar-refractivity contribution in [2.24, 2.45) is 23.7 Å². The van der Waals surface area contributed by atoms with Gasteiger partial charge in [0.15, 0.2) is 0 Å². The minimum Gasteiger partial charge on any atom is -0.393 e. The second kappa shape index (κ2) is 32.0. The van der Waals surface area contributed by atoms with E-state index in [4.69, 9.17) is 0 Å². The maximum Gasteiger partial charge on any atom is 0.317 e. The normalized spacial score (nSPS) is 18.6. The fraction of sp³-hybridized carbons (Fsp3) is 0.909. The van der Waals surface area contributed by atoms with Crippen LogP contribution in [0.2, 0.25) is 0 Å². The van der Waals surface area contributed by atoms with Crippen molar-refractivity contribution in [1.82, 2.24) is 0 Å². The van der Waals surface area contributed by atoms with E-state index in [0.717, 1.165) is 37.5 Å². The molecular formula is C44H80O6. The number of unbranched alkanes of at least 4 members (excludes halogenated alkanes) is 20. The quantitative estimate of drug-likeness (QED) is 0.0393. The number of esters is 4. The van der Waals surface area contributed by atoms with E-state index in [1.54, 1.807) is 0 Å². The lowest BCUT2D eigenvalue weighted by Crippen LogP contribution is -2.07. The number of carbonyl (C=O) groups excluding carboxylic acids is 4. The van der Waals surface area contributed by atoms with Gasteiger partial charge in [0, 0.05) is 0 Å². The highest BCUT2D eigenvalue weighted by Crippen LogP contribution is 2.25. The third kappa shape index (κ3) is 26.1. The van der Waals surface area contributed by atoms with E-state index in [0.29, 0.717) is 12.8 Å². The SMILES string of the molecule is CCCCCCCCC(C)CCCCCCCCC1CC(=O)OC1=O.CCCCCCCCCC(C)CCCCCCCC1CC(=O)OC1=O. The maximum absolute atomic E-state index is 11.4. The minimum atomic E-state index is -0.343. The molecule has 4 unspecified atom stereocenters. The second-order valence-electron chi connectivity index (χ2n) is 16.1. The van der Waals surface area contributed by atoms with Gasteiger partial charge in [-0.25, -0.2) is 0 Å². The van der Waals surface area contributed by atoms with Gasteiger partial charge in [-0.05, 0) is 24.7 Å². The van der Waals surface area contributed by atoms with Crippen LogP contribution in [0.25, 0.3) is 0 Å². The molecule has 0 bridgehead atoms. The molecule has 2 rings (SSSR count). The van der Waals surface area contributed by atoms with Gasteiger partial charge in [0.25, 0.3) is 0 Å². The first-order valence-corrected chi connectivity index (χ1v) is 21.8. The van der Waals surface area contributed by atoms with Crippen molar-refractivity contribution in [3.05, 3.63) is 0 Å². The Bertz CT molecular complexity index is 869. The van der Waals surface area contributed by atoms with Crippen molar-refractivity contribution in [1.29, 1.82) is 0 Å². The number of rotatable bonds is 32. The van der Waals surface area contributed by atoms with Gasteiger partial charge < -0.3 is 9.47 Å². The summed E-state index contributed by atoms with van der Waals surface area (Å²) in [6.45, 7) is 9.36. The van der Waals surface area contributed by atoms with Crippen LogP contribution in [0, 0.1) is 23.7 Å². The molecule has 0 aromatic rings. The predicted octanol–water partition coefficient (Wildman–Crippen LogP) is 13.2. The number of hydrogen-bond donors (Lipinski definition) is 0. The summed E-state index contributed by atoms with van der Waals surface area (Å²) >= 11 is 0. The average molecular weight is 705 g/mol. The van der Waals surface area contributed by atoms with E-state index >= 15 is 0 Å². The molecule has 0 amide bonds. The zero-order valence-electron chi connectivity index (χ0n) is 33.4. The Balaban J connectivity index is 0.000000500. The van der Waals surface area contributed by atoms with Gasteiger partial charge in [-0.3, -0.25) is 19.2 Å². The summed E-state index contributed by atoms with van der Waals surface area (Å²) in [6, 6.07) is 0. The van der Waals surface area contributed by atoms with Crippen LogP contribution in [-0.2, 0) is 28.7 Å². The van der Waals surface area contributed by atoms with E-state index < -0.39 is 0 Å². The van der Waals surface area contributed by atoms with Crippen molar-refractivity contribution in [3.8, 4) is 0 Å². The Kier molecular flexibility index (Phi) is 29.6. The molecule has 0 aromatic heterocycles. The van der Waals surface area contributed by atoms with Crippen LogP contribution < -0.4 is 0 Å². The highest BCUT2D eigenvalue weighted by molar-refractivity contribution is 5.95. The van der Waals surface area contributed by atoms with Gasteiger partial charge in [-0.1, -0.05) is 207 Å². The summed E-state index contributed by atoms with van der Waals surface area (Å²) in [5.74, 6) is 0.153. The van der Waals surface area contributed by atoms with Gasteiger partial charge in [0.05, 0.1) is 24.7 Å². The van der Waals surface area contributed by atoms with Crippen molar-refractivity contribution >= 4 is 23.9 Å². The third-order valence-corrected chi connectivity index (χ3v) is 11.0. The largest absolute Gasteiger partial charge is 0.393 e. The molecule has 2 saturated heterocycles. The topological polar surface area (TPSA) is 86.7 Å². The van der Waals surface area contributed by atoms with Gasteiger partial charge in [0.1, 0.15) is 0 Å². The molecule has 2 aliphatic rings. The van der Waals surface area contributed by atoms with Crippen molar-refractivity contribution in [2.45, 2.75) is 233 Å². The molecule has 0 aromatic carbocycles. The molecule has 2 fully saturated rings. The Hall–Kier alpha value is -1.72. The molecule has 6 nitrogen and oxygen atoms in total. The Morgan fingerprint density at radius 2 is 0.680 bits per heavy atom. The fourth-order valence-corrected chi connectivity index (χ4v) is 7.50. The molecule has 50 heavy (non-hydrogen) atoms. The van der Waals surface area contributed by atoms with Crippen LogP contribution in [0.4, 0.5) is 0 Å². The van der Waals surface area contributed by atoms with E-state index in [9.17, 15) is 19.2 Å². The van der Waals surface area contributed by atoms with Crippen LogP contribution in [0.5, 0.6) is 0 Å². The molecule has 0 spiro atoms. The minimum absolute atomic E-state index is 0.157. The third-order valence-electron chi connectivity index (χ3n) is 11.0. The first kappa shape index (κ1) is 46.3. The van der Waals surface area contributed by atoms with Crippen LogP contribution in [0.15, 0.2) is 0 Å². The first-order valence-electron chi connectivity index (χ1n) is 21.8. The highest BCUT2D eigenvalue weighted by atomic mass is 16.6. The van der Waals surface area contributed by atoms with Crippen LogP contribution >= 0.6 is 0 Å². The molecule has 4 atom stereocenters. The second-order valence-corrected chi connectivity index (χ2v) is 16.1. The van der Waals surface area contributed by atoms with Gasteiger partial charge in [0.2, 0.25) is 0 Å². The molecule has 0 saturated carbocycles. The summed E-state index contributed by atoms with van der Waals surface area (Å²) in [6.07, 6.45) is 39.6. The molecule has 2 aliphatic heterocycles. The lowest BCUT2D eigenvalue weighted by Gasteiger charge is -2.11. The number of carbonyl (C=O) groups is 4. The summed E-state index contributed by atoms with van der Waals surface area (Å²) in [5, 5.41) is 0. The molecule has 0 aliphatic carbocycles. The van der Waals surface area contributed by atoms with E-state index in [1.165, 1.54) is 167 Å². The van der Waals surface area contributed by atoms with E-state index in [2.05, 4.69) is 37.2 Å². The highest BCUT2D eigenvalue weighted by Gasteiger charge is 2.33. The number of hydrogen-bond acceptors (Lipinski definition) is 6. The summed E-state index contributed by atoms with van der Waals surface area (Å²) in [4.78, 5) is 44.7. The van der Waals surface area contributed by atoms with Gasteiger partial charge >= 0.3 is 23.9 Å². The van der Waals surface area contributed by atoms with E-state index in [-0.39, 0.29) is 35.7 Å². The predicted molar refractivity (Wildman–Crippen MR) is 207 cm³/mol. The molecule has 0 N–H and O–H groups in total. The standard InChI is InChI=1S/2C22H40O3/c1-3-4-5-6-9-12-15-19(2)16-13-10-7-8-11-14-17-20-18-21(23)25-22(20)24;1-3-4-5-6-7-9-12-15-19(2)16-13-10-8-11-14-17-20-18-21(23)25-22(20)24/h2*19-20H,3-18H2,1-2H3. The molecule has 2 heterocycles. The van der Waals surface area contributed by atoms with Gasteiger partial charge in [-0.15, -0.1) is 0 Å². The maximum atomic E-state index is 11.4. The molecule has 292 valence electrons. The summed E-state index contributed by atoms with van der Waals surface area (Å²) in [7, 11) is 0. The smallest absolute Gasteiger partial charge is 0.317 e. The summed E-state index contributed by atoms with van der Waals surface area (Å²) in [5.41, 5.74) is 0. The Labute approximate surface area is 308 Å². The van der Waals surface area contributed by atoms with Crippen molar-refractivity contribution in [2.75, 3.05) is 0 Å². The number of cyclic esters (lactones) is 4. The lowest BCUT2D eigenvalue weighted by molar-refractivity contribution is -0.155. The summed E-state index contributed by atoms with van der Waals surface area (Å²) < 4.78 is 9.16. The lowest BCUT2D eigenvalue weighted by atomic mass is 9.95. The van der Waals surface area contributed by atoms with Crippen LogP contribution in [-0.4, -0.2) is 23.9 Å². The van der Waals surface area contributed by atoms with Gasteiger partial charge in [-0.2, -0.15) is 0 Å². The Morgan fingerprint density at radius 3 is 0.940 bits per heavy atom. The van der Waals surface area contributed by atoms with E-state index in [1.807, 2.05) is 0 Å². The first-order chi connectivity index (χ1) is 24.3. The van der Waals surface area contributed by atoms with Crippen LogP contribution in [0.1, 0.15) is 233 Å². The molecular weight excluding hydrogens is 624 g/mol. The number of ether oxygens (including phenoxy) is 2. The van der Waals surface area contributed by atoms with Crippen molar-refractivity contribution in [3.63, 3.8) is 0 Å². The fourth-order valence-electron chi connectivity index (χ4n) is 7.50. The zero-order chi connectivity index (χ0) is 36.7. The Morgan fingerprint density at radius 1 is 0.420 bits per heavy atom. The average Bonchev–Trinajstić information content (AvgIpc) is 3.59. The monoisotopic (exact) mass is 705 g/mol. The van der Waals surface area contributed by atoms with Crippen LogP contribution in [0.3, 0.4) is 0 Å². The molecule has 0 radical (unpaired) electrons. The zero-order valence-corrected chi connectivity index (χ0v) is 33.4. The van der Waals surface area contributed by atoms with Crippen molar-refractivity contribution < 1.29 is 28.7 Å². The molecule has 6 heteroatoms.